The normalized spacial score (nSPS) is 14.9. The standard InChI is InChI=1S/C21H41O3P/c1-5-8-9-10-13-16-20(23)21(25,7-3)24-17-14-11-12-15-19(22)18(4)6-2/h18H,5-17,25H2,1-4H3. The third kappa shape index (κ3) is 11.1. The highest BCUT2D eigenvalue weighted by Crippen LogP contribution is 2.28. The van der Waals surface area contributed by atoms with Gasteiger partial charge in [0.1, 0.15) is 11.1 Å². The lowest BCUT2D eigenvalue weighted by Gasteiger charge is -2.27. The second kappa shape index (κ2) is 14.9. The summed E-state index contributed by atoms with van der Waals surface area (Å²) >= 11 is 0. The molecule has 0 saturated heterocycles. The highest BCUT2D eigenvalue weighted by Gasteiger charge is 2.31. The molecule has 0 aromatic rings. The van der Waals surface area contributed by atoms with E-state index in [0.29, 0.717) is 31.7 Å². The van der Waals surface area contributed by atoms with Gasteiger partial charge in [0, 0.05) is 25.4 Å². The molecule has 3 nitrogen and oxygen atoms in total. The topological polar surface area (TPSA) is 43.4 Å². The lowest BCUT2D eigenvalue weighted by molar-refractivity contribution is -0.134. The molecule has 0 aliphatic heterocycles. The summed E-state index contributed by atoms with van der Waals surface area (Å²) < 4.78 is 5.92. The molecule has 0 heterocycles. The van der Waals surface area contributed by atoms with E-state index in [4.69, 9.17) is 4.74 Å². The van der Waals surface area contributed by atoms with Gasteiger partial charge in [0.05, 0.1) is 0 Å². The summed E-state index contributed by atoms with van der Waals surface area (Å²) in [5, 5.41) is -0.711. The minimum atomic E-state index is -0.711. The van der Waals surface area contributed by atoms with Gasteiger partial charge in [-0.25, -0.2) is 0 Å². The van der Waals surface area contributed by atoms with Crippen LogP contribution in [-0.2, 0) is 14.3 Å². The van der Waals surface area contributed by atoms with Crippen molar-refractivity contribution in [2.45, 2.75) is 110 Å². The molecule has 0 aromatic heterocycles. The fourth-order valence-electron chi connectivity index (χ4n) is 2.79. The zero-order valence-corrected chi connectivity index (χ0v) is 18.2. The van der Waals surface area contributed by atoms with Gasteiger partial charge in [-0.05, 0) is 32.1 Å². The van der Waals surface area contributed by atoms with Gasteiger partial charge in [-0.3, -0.25) is 9.59 Å². The Bertz CT molecular complexity index is 370. The summed E-state index contributed by atoms with van der Waals surface area (Å²) in [5.74, 6) is 0.769. The lowest BCUT2D eigenvalue weighted by atomic mass is 9.99. The number of Topliss-reactive ketones (excluding diaryl/α,β-unsaturated/α-hetero) is 2. The molecular weight excluding hydrogens is 331 g/mol. The van der Waals surface area contributed by atoms with Crippen molar-refractivity contribution in [3.8, 4) is 0 Å². The van der Waals surface area contributed by atoms with Crippen LogP contribution in [0.3, 0.4) is 0 Å². The van der Waals surface area contributed by atoms with Gasteiger partial charge in [-0.15, -0.1) is 0 Å². The van der Waals surface area contributed by atoms with Gasteiger partial charge >= 0.3 is 0 Å². The lowest BCUT2D eigenvalue weighted by Crippen LogP contribution is -2.34. The Hall–Kier alpha value is -0.270. The van der Waals surface area contributed by atoms with Crippen LogP contribution < -0.4 is 0 Å². The number of rotatable bonds is 17. The molecule has 0 amide bonds. The number of unbranched alkanes of at least 4 members (excludes halogenated alkanes) is 6. The number of hydrogen-bond donors (Lipinski definition) is 0. The fraction of sp³-hybridized carbons (Fsp3) is 0.905. The molecule has 3 unspecified atom stereocenters. The zero-order chi connectivity index (χ0) is 19.1. The molecule has 0 rings (SSSR count). The molecule has 0 radical (unpaired) electrons. The van der Waals surface area contributed by atoms with Gasteiger partial charge in [0.15, 0.2) is 5.78 Å². The Labute approximate surface area is 158 Å². The average molecular weight is 373 g/mol. The van der Waals surface area contributed by atoms with E-state index in [0.717, 1.165) is 38.5 Å². The first-order chi connectivity index (χ1) is 11.9. The minimum Gasteiger partial charge on any atom is -0.363 e. The Kier molecular flexibility index (Phi) is 14.7. The predicted octanol–water partition coefficient (Wildman–Crippen LogP) is 6.09. The first kappa shape index (κ1) is 24.7. The average Bonchev–Trinajstić information content (AvgIpc) is 2.62. The SMILES string of the molecule is CCCCCCCC(=O)C(P)(CC)OCCCCCC(=O)C(C)CC. The van der Waals surface area contributed by atoms with E-state index in [1.807, 2.05) is 13.8 Å². The molecule has 148 valence electrons. The molecule has 0 aliphatic rings. The molecule has 0 saturated carbocycles. The van der Waals surface area contributed by atoms with Gasteiger partial charge in [0.25, 0.3) is 0 Å². The summed E-state index contributed by atoms with van der Waals surface area (Å²) in [7, 11) is 2.64. The summed E-state index contributed by atoms with van der Waals surface area (Å²) in [6, 6.07) is 0. The summed E-state index contributed by atoms with van der Waals surface area (Å²) in [6.45, 7) is 8.86. The summed E-state index contributed by atoms with van der Waals surface area (Å²) in [4.78, 5) is 24.2. The Morgan fingerprint density at radius 1 is 0.920 bits per heavy atom. The molecule has 0 N–H and O–H groups in total. The molecule has 0 aromatic carbocycles. The Balaban J connectivity index is 3.94. The molecule has 0 bridgehead atoms. The molecule has 0 spiro atoms. The van der Waals surface area contributed by atoms with Crippen molar-refractivity contribution < 1.29 is 14.3 Å². The van der Waals surface area contributed by atoms with Crippen LogP contribution in [0.25, 0.3) is 0 Å². The van der Waals surface area contributed by atoms with Crippen LogP contribution in [0.2, 0.25) is 0 Å². The van der Waals surface area contributed by atoms with Gasteiger partial charge in [0.2, 0.25) is 0 Å². The van der Waals surface area contributed by atoms with Gasteiger partial charge in [-0.1, -0.05) is 69.0 Å². The van der Waals surface area contributed by atoms with Crippen LogP contribution in [0.15, 0.2) is 0 Å². The van der Waals surface area contributed by atoms with Crippen LogP contribution in [0.1, 0.15) is 105 Å². The monoisotopic (exact) mass is 372 g/mol. The largest absolute Gasteiger partial charge is 0.363 e. The van der Waals surface area contributed by atoms with Gasteiger partial charge < -0.3 is 4.74 Å². The van der Waals surface area contributed by atoms with Crippen LogP contribution in [0.4, 0.5) is 0 Å². The van der Waals surface area contributed by atoms with Crippen molar-refractivity contribution in [2.75, 3.05) is 6.61 Å². The predicted molar refractivity (Wildman–Crippen MR) is 110 cm³/mol. The van der Waals surface area contributed by atoms with E-state index in [2.05, 4.69) is 23.1 Å². The van der Waals surface area contributed by atoms with Crippen molar-refractivity contribution in [2.24, 2.45) is 5.92 Å². The summed E-state index contributed by atoms with van der Waals surface area (Å²) in [6.07, 6.45) is 11.5. The number of carbonyl (C=O) groups excluding carboxylic acids is 2. The molecule has 0 fully saturated rings. The van der Waals surface area contributed by atoms with Crippen molar-refractivity contribution in [3.63, 3.8) is 0 Å². The third-order valence-electron chi connectivity index (χ3n) is 5.09. The van der Waals surface area contributed by atoms with Crippen LogP contribution in [0.5, 0.6) is 0 Å². The van der Waals surface area contributed by atoms with Crippen molar-refractivity contribution >= 4 is 20.8 Å². The highest BCUT2D eigenvalue weighted by molar-refractivity contribution is 7.20. The summed E-state index contributed by atoms with van der Waals surface area (Å²) in [5.41, 5.74) is 0. The van der Waals surface area contributed by atoms with E-state index in [1.165, 1.54) is 19.3 Å². The second-order valence-electron chi connectivity index (χ2n) is 7.27. The van der Waals surface area contributed by atoms with Crippen molar-refractivity contribution in [1.82, 2.24) is 0 Å². The quantitative estimate of drug-likeness (QED) is 0.229. The minimum absolute atomic E-state index is 0.186. The molecule has 0 aliphatic carbocycles. The zero-order valence-electron chi connectivity index (χ0n) is 17.1. The van der Waals surface area contributed by atoms with Gasteiger partial charge in [-0.2, -0.15) is 0 Å². The van der Waals surface area contributed by atoms with E-state index in [1.54, 1.807) is 0 Å². The molecule has 3 atom stereocenters. The number of hydrogen-bond acceptors (Lipinski definition) is 3. The van der Waals surface area contributed by atoms with Crippen LogP contribution >= 0.6 is 9.24 Å². The van der Waals surface area contributed by atoms with Crippen molar-refractivity contribution in [3.05, 3.63) is 0 Å². The first-order valence-electron chi connectivity index (χ1n) is 10.4. The van der Waals surface area contributed by atoms with E-state index in [-0.39, 0.29) is 11.7 Å². The van der Waals surface area contributed by atoms with Crippen LogP contribution in [-0.4, -0.2) is 23.5 Å². The highest BCUT2D eigenvalue weighted by atomic mass is 31.0. The molecule has 4 heteroatoms. The number of ketones is 2. The van der Waals surface area contributed by atoms with Crippen LogP contribution in [0, 0.1) is 5.92 Å². The number of carbonyl (C=O) groups is 2. The first-order valence-corrected chi connectivity index (χ1v) is 11.0. The maximum atomic E-state index is 12.5. The Morgan fingerprint density at radius 3 is 2.12 bits per heavy atom. The van der Waals surface area contributed by atoms with Crippen molar-refractivity contribution in [1.29, 1.82) is 0 Å². The molecule has 25 heavy (non-hydrogen) atoms. The molecular formula is C21H41O3P. The third-order valence-corrected chi connectivity index (χ3v) is 5.99. The number of ether oxygens (including phenoxy) is 1. The second-order valence-corrected chi connectivity index (χ2v) is 8.20. The Morgan fingerprint density at radius 2 is 1.52 bits per heavy atom. The van der Waals surface area contributed by atoms with E-state index >= 15 is 0 Å². The maximum Gasteiger partial charge on any atom is 0.168 e. The van der Waals surface area contributed by atoms with E-state index in [9.17, 15) is 9.59 Å². The maximum absolute atomic E-state index is 12.5. The van der Waals surface area contributed by atoms with E-state index < -0.39 is 5.34 Å². The smallest absolute Gasteiger partial charge is 0.168 e. The fourth-order valence-corrected chi connectivity index (χ4v) is 3.05.